The highest BCUT2D eigenvalue weighted by atomic mass is 32.2. The number of halogens is 3. The maximum atomic E-state index is 12.6. The van der Waals surface area contributed by atoms with Crippen LogP contribution < -0.4 is 11.1 Å². The van der Waals surface area contributed by atoms with Crippen molar-refractivity contribution in [2.45, 2.75) is 11.1 Å². The van der Waals surface area contributed by atoms with E-state index in [2.05, 4.69) is 15.3 Å². The van der Waals surface area contributed by atoms with E-state index in [1.54, 1.807) is 23.9 Å². The van der Waals surface area contributed by atoms with E-state index >= 15 is 0 Å². The molecule has 1 aromatic carbocycles. The first-order chi connectivity index (χ1) is 9.38. The molecule has 0 unspecified atom stereocenters. The molecule has 2 aromatic rings. The van der Waals surface area contributed by atoms with Crippen molar-refractivity contribution >= 4 is 29.2 Å². The summed E-state index contributed by atoms with van der Waals surface area (Å²) < 4.78 is 37.8. The summed E-state index contributed by atoms with van der Waals surface area (Å²) in [5.41, 5.74) is 4.83. The molecule has 0 bridgehead atoms. The lowest BCUT2D eigenvalue weighted by molar-refractivity contribution is -0.141. The van der Waals surface area contributed by atoms with Crippen LogP contribution in [0.5, 0.6) is 0 Å². The van der Waals surface area contributed by atoms with Gasteiger partial charge in [0.05, 0.1) is 0 Å². The Bertz CT molecular complexity index is 599. The Hall–Kier alpha value is -1.96. The first-order valence-corrected chi connectivity index (χ1v) is 6.74. The number of thioether (sulfide) groups is 1. The van der Waals surface area contributed by atoms with Gasteiger partial charge in [0.25, 0.3) is 0 Å². The molecule has 1 heterocycles. The van der Waals surface area contributed by atoms with Crippen molar-refractivity contribution in [2.24, 2.45) is 0 Å². The van der Waals surface area contributed by atoms with Gasteiger partial charge in [-0.1, -0.05) is 0 Å². The molecule has 106 valence electrons. The molecule has 0 spiro atoms. The van der Waals surface area contributed by atoms with Crippen LogP contribution in [0.2, 0.25) is 0 Å². The number of nitrogen functional groups attached to an aromatic ring is 1. The number of alkyl halides is 3. The first-order valence-electron chi connectivity index (χ1n) is 5.51. The molecule has 0 saturated carbocycles. The smallest absolute Gasteiger partial charge is 0.368 e. The van der Waals surface area contributed by atoms with Crippen LogP contribution in [0.3, 0.4) is 0 Å². The molecule has 0 radical (unpaired) electrons. The third-order valence-corrected chi connectivity index (χ3v) is 3.14. The molecule has 3 N–H and O–H groups in total. The predicted molar refractivity (Wildman–Crippen MR) is 73.0 cm³/mol. The van der Waals surface area contributed by atoms with E-state index in [1.807, 2.05) is 18.4 Å². The van der Waals surface area contributed by atoms with Crippen LogP contribution in [-0.2, 0) is 6.18 Å². The van der Waals surface area contributed by atoms with E-state index in [4.69, 9.17) is 5.73 Å². The van der Waals surface area contributed by atoms with Crippen LogP contribution in [0.15, 0.2) is 35.2 Å². The summed E-state index contributed by atoms with van der Waals surface area (Å²) in [6.07, 6.45) is -2.63. The maximum Gasteiger partial charge on any atom is 0.433 e. The number of anilines is 3. The second-order valence-corrected chi connectivity index (χ2v) is 4.73. The average molecular weight is 300 g/mol. The molecule has 0 amide bonds. The highest BCUT2D eigenvalue weighted by Crippen LogP contribution is 2.30. The van der Waals surface area contributed by atoms with Crippen molar-refractivity contribution in [3.05, 3.63) is 36.0 Å². The summed E-state index contributed by atoms with van der Waals surface area (Å²) in [6.45, 7) is 0. The molecule has 2 rings (SSSR count). The fourth-order valence-corrected chi connectivity index (χ4v) is 1.91. The second-order valence-electron chi connectivity index (χ2n) is 3.85. The minimum Gasteiger partial charge on any atom is -0.368 e. The van der Waals surface area contributed by atoms with Gasteiger partial charge < -0.3 is 11.1 Å². The number of hydrogen-bond acceptors (Lipinski definition) is 5. The normalized spacial score (nSPS) is 11.4. The summed E-state index contributed by atoms with van der Waals surface area (Å²) >= 11 is 1.57. The lowest BCUT2D eigenvalue weighted by Crippen LogP contribution is -2.11. The zero-order valence-electron chi connectivity index (χ0n) is 10.4. The van der Waals surface area contributed by atoms with Gasteiger partial charge in [-0.25, -0.2) is 4.98 Å². The Morgan fingerprint density at radius 1 is 1.15 bits per heavy atom. The third kappa shape index (κ3) is 3.53. The number of nitrogens with zero attached hydrogens (tertiary/aromatic N) is 2. The minimum absolute atomic E-state index is 0.00160. The van der Waals surface area contributed by atoms with E-state index < -0.39 is 17.8 Å². The van der Waals surface area contributed by atoms with Crippen molar-refractivity contribution < 1.29 is 13.2 Å². The topological polar surface area (TPSA) is 63.8 Å². The molecule has 8 heteroatoms. The standard InChI is InChI=1S/C12H11F3N4S/c1-20-8-4-2-7(3-5-8)17-10-6-9(12(13,14)15)18-11(16)19-10/h2-6H,1H3,(H3,16,17,18,19). The molecule has 20 heavy (non-hydrogen) atoms. The molecule has 1 aromatic heterocycles. The Morgan fingerprint density at radius 2 is 1.80 bits per heavy atom. The molecule has 0 aliphatic carbocycles. The van der Waals surface area contributed by atoms with Crippen LogP contribution in [-0.4, -0.2) is 16.2 Å². The van der Waals surface area contributed by atoms with Crippen LogP contribution in [0, 0.1) is 0 Å². The Balaban J connectivity index is 2.26. The van der Waals surface area contributed by atoms with Gasteiger partial charge in [-0.3, -0.25) is 0 Å². The molecule has 0 fully saturated rings. The van der Waals surface area contributed by atoms with E-state index in [0.717, 1.165) is 11.0 Å². The van der Waals surface area contributed by atoms with Gasteiger partial charge in [0.2, 0.25) is 5.95 Å². The van der Waals surface area contributed by atoms with Crippen molar-refractivity contribution in [3.8, 4) is 0 Å². The van der Waals surface area contributed by atoms with Gasteiger partial charge in [-0.05, 0) is 30.5 Å². The number of rotatable bonds is 3. The zero-order valence-corrected chi connectivity index (χ0v) is 11.2. The van der Waals surface area contributed by atoms with Crippen molar-refractivity contribution in [3.63, 3.8) is 0 Å². The first kappa shape index (κ1) is 14.4. The number of nitrogens with one attached hydrogen (secondary N) is 1. The Kier molecular flexibility index (Phi) is 4.03. The summed E-state index contributed by atoms with van der Waals surface area (Å²) in [4.78, 5) is 7.96. The highest BCUT2D eigenvalue weighted by Gasteiger charge is 2.33. The summed E-state index contributed by atoms with van der Waals surface area (Å²) in [6, 6.07) is 8.01. The van der Waals surface area contributed by atoms with Crippen LogP contribution >= 0.6 is 11.8 Å². The highest BCUT2D eigenvalue weighted by molar-refractivity contribution is 7.98. The zero-order chi connectivity index (χ0) is 14.8. The molecular weight excluding hydrogens is 289 g/mol. The van der Waals surface area contributed by atoms with Crippen LogP contribution in [0.1, 0.15) is 5.69 Å². The SMILES string of the molecule is CSc1ccc(Nc2cc(C(F)(F)F)nc(N)n2)cc1. The van der Waals surface area contributed by atoms with E-state index in [-0.39, 0.29) is 5.82 Å². The van der Waals surface area contributed by atoms with Gasteiger partial charge >= 0.3 is 6.18 Å². The Labute approximate surface area is 117 Å². The van der Waals surface area contributed by atoms with Gasteiger partial charge in [0.15, 0.2) is 5.69 Å². The van der Waals surface area contributed by atoms with Crippen LogP contribution in [0.25, 0.3) is 0 Å². The number of benzene rings is 1. The predicted octanol–water partition coefficient (Wildman–Crippen LogP) is 3.54. The molecule has 4 nitrogen and oxygen atoms in total. The van der Waals surface area contributed by atoms with E-state index in [0.29, 0.717) is 5.69 Å². The lowest BCUT2D eigenvalue weighted by Gasteiger charge is -2.10. The van der Waals surface area contributed by atoms with Gasteiger partial charge in [-0.2, -0.15) is 18.2 Å². The van der Waals surface area contributed by atoms with Crippen molar-refractivity contribution in [1.29, 1.82) is 0 Å². The quantitative estimate of drug-likeness (QED) is 0.849. The number of nitrogens with two attached hydrogens (primary N) is 1. The van der Waals surface area contributed by atoms with Gasteiger partial charge in [0, 0.05) is 16.6 Å². The third-order valence-electron chi connectivity index (χ3n) is 2.40. The van der Waals surface area contributed by atoms with Crippen molar-refractivity contribution in [1.82, 2.24) is 9.97 Å². The molecule has 0 aliphatic heterocycles. The lowest BCUT2D eigenvalue weighted by atomic mass is 10.3. The number of hydrogen-bond donors (Lipinski definition) is 2. The second kappa shape index (κ2) is 5.58. The molecular formula is C12H11F3N4S. The molecule has 0 aliphatic rings. The van der Waals surface area contributed by atoms with E-state index in [9.17, 15) is 13.2 Å². The summed E-state index contributed by atoms with van der Waals surface area (Å²) in [5.74, 6) is -0.426. The monoisotopic (exact) mass is 300 g/mol. The van der Waals surface area contributed by atoms with Gasteiger partial charge in [0.1, 0.15) is 5.82 Å². The average Bonchev–Trinajstić information content (AvgIpc) is 2.38. The fraction of sp³-hybridized carbons (Fsp3) is 0.167. The Morgan fingerprint density at radius 3 is 2.35 bits per heavy atom. The van der Waals surface area contributed by atoms with Gasteiger partial charge in [-0.15, -0.1) is 11.8 Å². The summed E-state index contributed by atoms with van der Waals surface area (Å²) in [7, 11) is 0. The molecule has 0 atom stereocenters. The number of aromatic nitrogens is 2. The van der Waals surface area contributed by atoms with Crippen molar-refractivity contribution in [2.75, 3.05) is 17.3 Å². The summed E-state index contributed by atoms with van der Waals surface area (Å²) in [5, 5.41) is 2.77. The largest absolute Gasteiger partial charge is 0.433 e. The maximum absolute atomic E-state index is 12.6. The minimum atomic E-state index is -4.56. The van der Waals surface area contributed by atoms with E-state index in [1.165, 1.54) is 0 Å². The fourth-order valence-electron chi connectivity index (χ4n) is 1.50. The molecule has 0 saturated heterocycles. The van der Waals surface area contributed by atoms with Crippen LogP contribution in [0.4, 0.5) is 30.6 Å².